The Morgan fingerprint density at radius 2 is 2.55 bits per heavy atom. The van der Waals surface area contributed by atoms with Gasteiger partial charge in [0.25, 0.3) is 5.95 Å². The molecule has 0 spiro atoms. The topological polar surface area (TPSA) is 79.4 Å². The number of hydrogen-bond donors (Lipinski definition) is 2. The van der Waals surface area contributed by atoms with Crippen molar-refractivity contribution in [2.45, 2.75) is 0 Å². The highest BCUT2D eigenvalue weighted by molar-refractivity contribution is 7.04. The molecule has 0 saturated carbocycles. The number of hydrogen-bond acceptors (Lipinski definition) is 6. The largest absolute Gasteiger partial charge is 0.319 e. The van der Waals surface area contributed by atoms with Crippen molar-refractivity contribution in [3.63, 3.8) is 0 Å². The number of rotatable bonds is 2. The van der Waals surface area contributed by atoms with E-state index in [1.165, 1.54) is 11.5 Å². The molecule has 56 valence electrons. The average molecular weight is 168 g/mol. The molecule has 0 unspecified atom stereocenters. The van der Waals surface area contributed by atoms with Crippen LogP contribution in [0.1, 0.15) is 0 Å². The van der Waals surface area contributed by atoms with Crippen LogP contribution < -0.4 is 5.32 Å². The molecule has 11 heavy (non-hydrogen) atoms. The molecule has 6 nitrogen and oxygen atoms in total. The normalized spacial score (nSPS) is 9.82. The molecule has 0 bridgehead atoms. The standard InChI is InChI=1S/C4H4N6S/c1-3(2-11-5-1)6-4-7-9-10-8-4/h1-2H,(H2,6,7,8,9,10). The number of nitrogens with zero attached hydrogens (tertiary/aromatic N) is 4. The molecule has 7 heteroatoms. The first-order valence-corrected chi connectivity index (χ1v) is 3.68. The van der Waals surface area contributed by atoms with E-state index in [1.54, 1.807) is 6.20 Å². The first kappa shape index (κ1) is 6.23. The van der Waals surface area contributed by atoms with E-state index >= 15 is 0 Å². The number of aromatic amines is 1. The van der Waals surface area contributed by atoms with Crippen LogP contribution in [0.2, 0.25) is 0 Å². The molecular weight excluding hydrogens is 164 g/mol. The van der Waals surface area contributed by atoms with Crippen molar-refractivity contribution in [1.29, 1.82) is 0 Å². The predicted octanol–water partition coefficient (Wildman–Crippen LogP) is 0.400. The zero-order valence-corrected chi connectivity index (χ0v) is 6.17. The molecule has 2 rings (SSSR count). The highest BCUT2D eigenvalue weighted by Crippen LogP contribution is 2.11. The van der Waals surface area contributed by atoms with E-state index in [2.05, 4.69) is 30.3 Å². The summed E-state index contributed by atoms with van der Waals surface area (Å²) in [5.41, 5.74) is 0.872. The van der Waals surface area contributed by atoms with Crippen molar-refractivity contribution in [1.82, 2.24) is 25.0 Å². The van der Waals surface area contributed by atoms with Crippen LogP contribution in [0.5, 0.6) is 0 Å². The maximum atomic E-state index is 3.90. The molecule has 0 aliphatic carbocycles. The number of aromatic nitrogens is 5. The molecule has 2 heterocycles. The van der Waals surface area contributed by atoms with Crippen LogP contribution in [0.4, 0.5) is 11.6 Å². The zero-order valence-electron chi connectivity index (χ0n) is 5.35. The van der Waals surface area contributed by atoms with Crippen molar-refractivity contribution in [2.75, 3.05) is 5.32 Å². The van der Waals surface area contributed by atoms with Crippen LogP contribution in [0, 0.1) is 0 Å². The Balaban J connectivity index is 2.14. The lowest BCUT2D eigenvalue weighted by atomic mass is 10.6. The number of H-pyrrole nitrogens is 1. The minimum Gasteiger partial charge on any atom is -0.319 e. The molecule has 2 N–H and O–H groups in total. The highest BCUT2D eigenvalue weighted by Gasteiger charge is 1.97. The van der Waals surface area contributed by atoms with Gasteiger partial charge in [0.15, 0.2) is 0 Å². The predicted molar refractivity (Wildman–Crippen MR) is 39.6 cm³/mol. The van der Waals surface area contributed by atoms with Crippen molar-refractivity contribution < 1.29 is 0 Å². The summed E-state index contributed by atoms with van der Waals surface area (Å²) in [6, 6.07) is 0. The zero-order chi connectivity index (χ0) is 7.52. The summed E-state index contributed by atoms with van der Waals surface area (Å²) in [5.74, 6) is 0.449. The maximum absolute atomic E-state index is 3.90. The summed E-state index contributed by atoms with van der Waals surface area (Å²) in [7, 11) is 0. The van der Waals surface area contributed by atoms with Crippen LogP contribution in [0.15, 0.2) is 11.6 Å². The molecule has 0 atom stereocenters. The lowest BCUT2D eigenvalue weighted by Gasteiger charge is -1.91. The Bertz CT molecular complexity index is 267. The van der Waals surface area contributed by atoms with Crippen LogP contribution in [-0.4, -0.2) is 25.0 Å². The average Bonchev–Trinajstić information content (AvgIpc) is 2.60. The summed E-state index contributed by atoms with van der Waals surface area (Å²) in [6.45, 7) is 0. The fourth-order valence-electron chi connectivity index (χ4n) is 0.610. The second-order valence-corrected chi connectivity index (χ2v) is 2.43. The third kappa shape index (κ3) is 1.32. The Labute approximate surface area is 65.8 Å². The van der Waals surface area contributed by atoms with Crippen LogP contribution in [0.3, 0.4) is 0 Å². The summed E-state index contributed by atoms with van der Waals surface area (Å²) in [4.78, 5) is 0. The third-order valence-corrected chi connectivity index (χ3v) is 1.62. The van der Waals surface area contributed by atoms with E-state index in [1.807, 2.05) is 5.38 Å². The van der Waals surface area contributed by atoms with Gasteiger partial charge in [-0.25, -0.2) is 0 Å². The van der Waals surface area contributed by atoms with Gasteiger partial charge in [0.05, 0.1) is 11.9 Å². The second-order valence-electron chi connectivity index (χ2n) is 1.77. The SMILES string of the molecule is c1nscc1Nc1nn[nH]n1. The Morgan fingerprint density at radius 1 is 1.55 bits per heavy atom. The van der Waals surface area contributed by atoms with Gasteiger partial charge < -0.3 is 5.32 Å². The summed E-state index contributed by atoms with van der Waals surface area (Å²) >= 11 is 1.36. The molecule has 0 aliphatic heterocycles. The van der Waals surface area contributed by atoms with E-state index in [9.17, 15) is 0 Å². The van der Waals surface area contributed by atoms with Crippen LogP contribution in [0.25, 0.3) is 0 Å². The monoisotopic (exact) mass is 168 g/mol. The molecule has 0 aromatic carbocycles. The fourth-order valence-corrected chi connectivity index (χ4v) is 1.08. The van der Waals surface area contributed by atoms with Gasteiger partial charge in [-0.1, -0.05) is 5.10 Å². The quantitative estimate of drug-likeness (QED) is 0.678. The lowest BCUT2D eigenvalue weighted by Crippen LogP contribution is -1.89. The minimum absolute atomic E-state index is 0.449. The van der Waals surface area contributed by atoms with E-state index in [-0.39, 0.29) is 0 Å². The van der Waals surface area contributed by atoms with Gasteiger partial charge in [-0.15, -0.1) is 5.10 Å². The smallest absolute Gasteiger partial charge is 0.267 e. The van der Waals surface area contributed by atoms with Crippen molar-refractivity contribution in [3.05, 3.63) is 11.6 Å². The van der Waals surface area contributed by atoms with Gasteiger partial charge in [0.2, 0.25) is 0 Å². The molecule has 0 fully saturated rings. The third-order valence-electron chi connectivity index (χ3n) is 1.03. The Morgan fingerprint density at radius 3 is 3.18 bits per heavy atom. The van der Waals surface area contributed by atoms with Gasteiger partial charge in [-0.05, 0) is 16.7 Å². The Hall–Kier alpha value is -1.50. The minimum atomic E-state index is 0.449. The summed E-state index contributed by atoms with van der Waals surface area (Å²) in [5, 5.41) is 17.9. The van der Waals surface area contributed by atoms with Gasteiger partial charge in [0.1, 0.15) is 0 Å². The summed E-state index contributed by atoms with van der Waals surface area (Å²) in [6.07, 6.45) is 1.70. The molecule has 0 radical (unpaired) electrons. The fraction of sp³-hybridized carbons (Fsp3) is 0. The van der Waals surface area contributed by atoms with Crippen molar-refractivity contribution in [2.24, 2.45) is 0 Å². The van der Waals surface area contributed by atoms with E-state index < -0.39 is 0 Å². The van der Waals surface area contributed by atoms with Crippen LogP contribution >= 0.6 is 11.5 Å². The number of anilines is 2. The molecule has 2 aromatic heterocycles. The van der Waals surface area contributed by atoms with Crippen LogP contribution in [-0.2, 0) is 0 Å². The highest BCUT2D eigenvalue weighted by atomic mass is 32.1. The van der Waals surface area contributed by atoms with Gasteiger partial charge >= 0.3 is 0 Å². The molecule has 0 aliphatic rings. The molecular formula is C4H4N6S. The number of tetrazole rings is 1. The van der Waals surface area contributed by atoms with E-state index in [0.29, 0.717) is 5.95 Å². The molecule has 0 saturated heterocycles. The van der Waals surface area contributed by atoms with Crippen molar-refractivity contribution in [3.8, 4) is 0 Å². The first-order chi connectivity index (χ1) is 5.45. The number of nitrogens with one attached hydrogen (secondary N) is 2. The van der Waals surface area contributed by atoms with Crippen molar-refractivity contribution >= 4 is 23.2 Å². The van der Waals surface area contributed by atoms with E-state index in [0.717, 1.165) is 5.69 Å². The molecule has 2 aromatic rings. The Kier molecular flexibility index (Phi) is 1.48. The van der Waals surface area contributed by atoms with E-state index in [4.69, 9.17) is 0 Å². The second kappa shape index (κ2) is 2.62. The van der Waals surface area contributed by atoms with Gasteiger partial charge in [-0.3, -0.25) is 0 Å². The summed E-state index contributed by atoms with van der Waals surface area (Å²) < 4.78 is 3.90. The first-order valence-electron chi connectivity index (χ1n) is 2.85. The van der Waals surface area contributed by atoms with Gasteiger partial charge in [0, 0.05) is 5.38 Å². The lowest BCUT2D eigenvalue weighted by molar-refractivity contribution is 0.881. The van der Waals surface area contributed by atoms with Gasteiger partial charge in [-0.2, -0.15) is 9.59 Å². The maximum Gasteiger partial charge on any atom is 0.267 e. The molecule has 0 amide bonds.